The van der Waals surface area contributed by atoms with E-state index < -0.39 is 0 Å². The molecule has 28 heavy (non-hydrogen) atoms. The van der Waals surface area contributed by atoms with Crippen molar-refractivity contribution in [3.63, 3.8) is 0 Å². The van der Waals surface area contributed by atoms with Crippen LogP contribution in [0, 0.1) is 6.92 Å². The van der Waals surface area contributed by atoms with Crippen molar-refractivity contribution in [1.29, 1.82) is 0 Å². The molecular weight excluding hydrogens is 378 g/mol. The lowest BCUT2D eigenvalue weighted by Gasteiger charge is -2.21. The lowest BCUT2D eigenvalue weighted by molar-refractivity contribution is 0.0939. The van der Waals surface area contributed by atoms with E-state index in [0.29, 0.717) is 30.2 Å². The number of aromatic nitrogens is 2. The quantitative estimate of drug-likeness (QED) is 0.719. The maximum atomic E-state index is 12.9. The second-order valence-electron chi connectivity index (χ2n) is 6.60. The van der Waals surface area contributed by atoms with Crippen molar-refractivity contribution in [2.24, 2.45) is 0 Å². The molecule has 2 aromatic carbocycles. The number of aryl methyl sites for hydroxylation is 1. The summed E-state index contributed by atoms with van der Waals surface area (Å²) in [5.41, 5.74) is 2.66. The topological polar surface area (TPSA) is 65.4 Å². The van der Waals surface area contributed by atoms with Crippen molar-refractivity contribution in [1.82, 2.24) is 15.1 Å². The van der Waals surface area contributed by atoms with Crippen LogP contribution in [0.4, 0.5) is 0 Å². The van der Waals surface area contributed by atoms with Crippen molar-refractivity contribution in [2.45, 2.75) is 19.9 Å². The first-order valence-corrected chi connectivity index (χ1v) is 9.43. The standard InChI is InChI=1S/C21H20ClN3O3/c1-13(15-8-9-17-18(12-15)28-11-10-27-17)23-21(26)19-14(2)24-25(20(19)22)16-6-4-3-5-7-16/h3-9,12-13H,10-11H2,1-2H3,(H,23,26). The van der Waals surface area contributed by atoms with Gasteiger partial charge in [0.25, 0.3) is 5.91 Å². The molecule has 0 saturated carbocycles. The molecule has 144 valence electrons. The predicted octanol–water partition coefficient (Wildman–Crippen LogP) is 4.10. The van der Waals surface area contributed by atoms with E-state index in [9.17, 15) is 4.79 Å². The van der Waals surface area contributed by atoms with Gasteiger partial charge in [0.1, 0.15) is 18.4 Å². The normalized spacial score (nSPS) is 13.8. The zero-order valence-electron chi connectivity index (χ0n) is 15.6. The zero-order valence-corrected chi connectivity index (χ0v) is 16.4. The van der Waals surface area contributed by atoms with Gasteiger partial charge in [0.15, 0.2) is 11.5 Å². The molecule has 1 amide bonds. The summed E-state index contributed by atoms with van der Waals surface area (Å²) in [6.45, 7) is 4.75. The highest BCUT2D eigenvalue weighted by molar-refractivity contribution is 6.33. The van der Waals surface area contributed by atoms with Crippen molar-refractivity contribution < 1.29 is 14.3 Å². The summed E-state index contributed by atoms with van der Waals surface area (Å²) in [6.07, 6.45) is 0. The molecule has 0 fully saturated rings. The number of hydrogen-bond donors (Lipinski definition) is 1. The fraction of sp³-hybridized carbons (Fsp3) is 0.238. The van der Waals surface area contributed by atoms with Crippen molar-refractivity contribution in [3.05, 3.63) is 70.5 Å². The Morgan fingerprint density at radius 1 is 1.14 bits per heavy atom. The number of rotatable bonds is 4. The van der Waals surface area contributed by atoms with Crippen LogP contribution in [-0.2, 0) is 0 Å². The van der Waals surface area contributed by atoms with Gasteiger partial charge in [0.05, 0.1) is 23.0 Å². The largest absolute Gasteiger partial charge is 0.486 e. The highest BCUT2D eigenvalue weighted by atomic mass is 35.5. The molecule has 2 heterocycles. The highest BCUT2D eigenvalue weighted by Gasteiger charge is 2.23. The summed E-state index contributed by atoms with van der Waals surface area (Å²) in [6, 6.07) is 14.9. The smallest absolute Gasteiger partial charge is 0.256 e. The first kappa shape index (κ1) is 18.4. The van der Waals surface area contributed by atoms with Gasteiger partial charge in [0, 0.05) is 0 Å². The van der Waals surface area contributed by atoms with Crippen LogP contribution < -0.4 is 14.8 Å². The summed E-state index contributed by atoms with van der Waals surface area (Å²) in [5.74, 6) is 1.14. The molecule has 1 aliphatic heterocycles. The monoisotopic (exact) mass is 397 g/mol. The van der Waals surface area contributed by atoms with Crippen LogP contribution in [0.15, 0.2) is 48.5 Å². The van der Waals surface area contributed by atoms with Crippen LogP contribution in [0.3, 0.4) is 0 Å². The van der Waals surface area contributed by atoms with Gasteiger partial charge in [0.2, 0.25) is 0 Å². The summed E-state index contributed by atoms with van der Waals surface area (Å²) in [5, 5.41) is 7.71. The molecular formula is C21H20ClN3O3. The second kappa shape index (κ2) is 7.56. The average molecular weight is 398 g/mol. The molecule has 1 unspecified atom stereocenters. The van der Waals surface area contributed by atoms with Crippen molar-refractivity contribution in [2.75, 3.05) is 13.2 Å². The number of nitrogens with one attached hydrogen (secondary N) is 1. The minimum Gasteiger partial charge on any atom is -0.486 e. The van der Waals surface area contributed by atoms with Crippen LogP contribution in [-0.4, -0.2) is 28.9 Å². The fourth-order valence-electron chi connectivity index (χ4n) is 3.18. The molecule has 1 atom stereocenters. The maximum absolute atomic E-state index is 12.9. The van der Waals surface area contributed by atoms with Gasteiger partial charge in [-0.15, -0.1) is 0 Å². The minimum atomic E-state index is -0.271. The lowest BCUT2D eigenvalue weighted by Crippen LogP contribution is -2.27. The Hall–Kier alpha value is -2.99. The van der Waals surface area contributed by atoms with Gasteiger partial charge in [-0.1, -0.05) is 35.9 Å². The summed E-state index contributed by atoms with van der Waals surface area (Å²) in [4.78, 5) is 12.9. The molecule has 0 spiro atoms. The maximum Gasteiger partial charge on any atom is 0.256 e. The number of carbonyl (C=O) groups is 1. The molecule has 3 aromatic rings. The molecule has 6 nitrogen and oxygen atoms in total. The molecule has 7 heteroatoms. The SMILES string of the molecule is Cc1nn(-c2ccccc2)c(Cl)c1C(=O)NC(C)c1ccc2c(c1)OCCO2. The van der Waals surface area contributed by atoms with E-state index in [1.165, 1.54) is 0 Å². The molecule has 1 aliphatic rings. The van der Waals surface area contributed by atoms with E-state index in [0.717, 1.165) is 17.0 Å². The van der Waals surface area contributed by atoms with E-state index in [1.54, 1.807) is 11.6 Å². The first-order chi connectivity index (χ1) is 13.5. The van der Waals surface area contributed by atoms with Crippen LogP contribution >= 0.6 is 11.6 Å². The highest BCUT2D eigenvalue weighted by Crippen LogP contribution is 2.33. The number of hydrogen-bond acceptors (Lipinski definition) is 4. The van der Waals surface area contributed by atoms with Gasteiger partial charge < -0.3 is 14.8 Å². The van der Waals surface area contributed by atoms with Crippen LogP contribution in [0.25, 0.3) is 5.69 Å². The number of para-hydroxylation sites is 1. The molecule has 4 rings (SSSR count). The summed E-state index contributed by atoms with van der Waals surface area (Å²) >= 11 is 6.49. The number of halogens is 1. The Balaban J connectivity index is 1.56. The Labute approximate surface area is 168 Å². The van der Waals surface area contributed by atoms with E-state index >= 15 is 0 Å². The zero-order chi connectivity index (χ0) is 19.7. The number of nitrogens with zero attached hydrogens (tertiary/aromatic N) is 2. The van der Waals surface area contributed by atoms with E-state index in [1.807, 2.05) is 55.5 Å². The number of ether oxygens (including phenoxy) is 2. The Morgan fingerprint density at radius 2 is 1.86 bits per heavy atom. The number of carbonyl (C=O) groups excluding carboxylic acids is 1. The molecule has 0 saturated heterocycles. The molecule has 0 radical (unpaired) electrons. The number of benzene rings is 2. The Bertz CT molecular complexity index is 1020. The van der Waals surface area contributed by atoms with E-state index in [4.69, 9.17) is 21.1 Å². The minimum absolute atomic E-state index is 0.237. The number of amides is 1. The predicted molar refractivity (Wildman–Crippen MR) is 107 cm³/mol. The van der Waals surface area contributed by atoms with Crippen molar-refractivity contribution >= 4 is 17.5 Å². The lowest BCUT2D eigenvalue weighted by atomic mass is 10.1. The fourth-order valence-corrected chi connectivity index (χ4v) is 3.54. The molecule has 1 N–H and O–H groups in total. The third-order valence-electron chi connectivity index (χ3n) is 4.65. The van der Waals surface area contributed by atoms with Gasteiger partial charge in [-0.3, -0.25) is 4.79 Å². The van der Waals surface area contributed by atoms with Crippen LogP contribution in [0.5, 0.6) is 11.5 Å². The van der Waals surface area contributed by atoms with Gasteiger partial charge in [-0.05, 0) is 43.7 Å². The molecule has 1 aromatic heterocycles. The second-order valence-corrected chi connectivity index (χ2v) is 6.95. The van der Waals surface area contributed by atoms with E-state index in [-0.39, 0.29) is 17.1 Å². The third kappa shape index (κ3) is 3.43. The van der Waals surface area contributed by atoms with Crippen LogP contribution in [0.2, 0.25) is 5.15 Å². The average Bonchev–Trinajstić information content (AvgIpc) is 3.02. The van der Waals surface area contributed by atoms with E-state index in [2.05, 4.69) is 10.4 Å². The Morgan fingerprint density at radius 3 is 2.61 bits per heavy atom. The molecule has 0 bridgehead atoms. The van der Waals surface area contributed by atoms with Crippen LogP contribution in [0.1, 0.15) is 34.6 Å². The van der Waals surface area contributed by atoms with Crippen molar-refractivity contribution in [3.8, 4) is 17.2 Å². The van der Waals surface area contributed by atoms with Gasteiger partial charge in [-0.2, -0.15) is 5.10 Å². The number of fused-ring (bicyclic) bond motifs is 1. The molecule has 0 aliphatic carbocycles. The Kier molecular flexibility index (Phi) is 4.96. The first-order valence-electron chi connectivity index (χ1n) is 9.05. The summed E-state index contributed by atoms with van der Waals surface area (Å²) in [7, 11) is 0. The van der Waals surface area contributed by atoms with Gasteiger partial charge >= 0.3 is 0 Å². The van der Waals surface area contributed by atoms with Gasteiger partial charge in [-0.25, -0.2) is 4.68 Å². The third-order valence-corrected chi connectivity index (χ3v) is 4.99. The summed E-state index contributed by atoms with van der Waals surface area (Å²) < 4.78 is 12.7.